The molecule has 0 aliphatic carbocycles. The number of carbonyl (C=O) groups is 1. The highest BCUT2D eigenvalue weighted by atomic mass is 127. The zero-order valence-corrected chi connectivity index (χ0v) is 16.3. The van der Waals surface area contributed by atoms with Gasteiger partial charge in [-0.25, -0.2) is 4.39 Å². The average Bonchev–Trinajstić information content (AvgIpc) is 2.57. The van der Waals surface area contributed by atoms with E-state index in [-0.39, 0.29) is 11.3 Å². The van der Waals surface area contributed by atoms with Gasteiger partial charge in [-0.15, -0.1) is 0 Å². The van der Waals surface area contributed by atoms with Crippen molar-refractivity contribution in [3.63, 3.8) is 0 Å². The number of nitrogens with two attached hydrogens (primary N) is 2. The van der Waals surface area contributed by atoms with Crippen molar-refractivity contribution < 1.29 is 9.18 Å². The second-order valence-electron chi connectivity index (χ2n) is 5.35. The maximum atomic E-state index is 14.1. The van der Waals surface area contributed by atoms with Gasteiger partial charge in [0.05, 0.1) is 23.1 Å². The topological polar surface area (TPSA) is 94.0 Å². The molecule has 8 heteroatoms. The van der Waals surface area contributed by atoms with Gasteiger partial charge in [0.1, 0.15) is 5.82 Å². The first kappa shape index (κ1) is 18.5. The molecule has 1 heterocycles. The third kappa shape index (κ3) is 4.25. The van der Waals surface area contributed by atoms with Crippen LogP contribution in [-0.4, -0.2) is 10.9 Å². The van der Waals surface area contributed by atoms with Crippen LogP contribution >= 0.6 is 34.4 Å². The van der Waals surface area contributed by atoms with Gasteiger partial charge in [0.25, 0.3) is 5.91 Å². The molecule has 0 saturated carbocycles. The second kappa shape index (κ2) is 7.92. The SMILES string of the molecule is NC(=O)c1c(Nc2ccc(I)cc2F)cncc1Sc1cccc(N)c1. The van der Waals surface area contributed by atoms with E-state index in [0.29, 0.717) is 16.3 Å². The molecule has 0 bridgehead atoms. The lowest BCUT2D eigenvalue weighted by molar-refractivity contribution is 0.0998. The Balaban J connectivity index is 1.99. The summed E-state index contributed by atoms with van der Waals surface area (Å²) in [5.74, 6) is -1.06. The van der Waals surface area contributed by atoms with Crippen molar-refractivity contribution in [2.45, 2.75) is 9.79 Å². The number of nitrogens with zero attached hydrogens (tertiary/aromatic N) is 1. The molecule has 0 unspecified atom stereocenters. The maximum absolute atomic E-state index is 14.1. The summed E-state index contributed by atoms with van der Waals surface area (Å²) >= 11 is 3.33. The molecule has 0 aliphatic heterocycles. The first-order valence-corrected chi connectivity index (χ1v) is 9.37. The molecule has 3 rings (SSSR count). The van der Waals surface area contributed by atoms with Gasteiger partial charge in [-0.2, -0.15) is 0 Å². The number of anilines is 3. The van der Waals surface area contributed by atoms with Gasteiger partial charge < -0.3 is 16.8 Å². The van der Waals surface area contributed by atoms with Crippen molar-refractivity contribution in [2.75, 3.05) is 11.1 Å². The Bertz CT molecular complexity index is 983. The Morgan fingerprint density at radius 2 is 1.96 bits per heavy atom. The Morgan fingerprint density at radius 1 is 1.15 bits per heavy atom. The summed E-state index contributed by atoms with van der Waals surface area (Å²) in [6, 6.07) is 12.0. The third-order valence-electron chi connectivity index (χ3n) is 3.44. The number of nitrogen functional groups attached to an aromatic ring is 1. The Morgan fingerprint density at radius 3 is 2.65 bits per heavy atom. The van der Waals surface area contributed by atoms with Crippen molar-refractivity contribution in [2.24, 2.45) is 5.73 Å². The molecule has 5 nitrogen and oxygen atoms in total. The van der Waals surface area contributed by atoms with Gasteiger partial charge in [0.2, 0.25) is 0 Å². The predicted molar refractivity (Wildman–Crippen MR) is 110 cm³/mol. The fourth-order valence-corrected chi connectivity index (χ4v) is 3.78. The zero-order chi connectivity index (χ0) is 18.7. The molecule has 3 aromatic rings. The minimum atomic E-state index is -0.632. The van der Waals surface area contributed by atoms with Gasteiger partial charge >= 0.3 is 0 Å². The predicted octanol–water partition coefficient (Wildman–Crippen LogP) is 4.40. The van der Waals surface area contributed by atoms with Crippen LogP contribution in [0.5, 0.6) is 0 Å². The van der Waals surface area contributed by atoms with Gasteiger partial charge in [0.15, 0.2) is 0 Å². The summed E-state index contributed by atoms with van der Waals surface area (Å²) in [5, 5.41) is 2.91. The van der Waals surface area contributed by atoms with Crippen molar-refractivity contribution in [3.05, 3.63) is 69.8 Å². The van der Waals surface area contributed by atoms with Crippen LogP contribution in [0, 0.1) is 9.39 Å². The van der Waals surface area contributed by atoms with Crippen molar-refractivity contribution in [1.29, 1.82) is 0 Å². The number of pyridine rings is 1. The molecular weight excluding hydrogens is 466 g/mol. The molecular formula is C18H14FIN4OS. The van der Waals surface area contributed by atoms with Crippen LogP contribution in [0.2, 0.25) is 0 Å². The van der Waals surface area contributed by atoms with Gasteiger partial charge in [-0.1, -0.05) is 17.8 Å². The second-order valence-corrected chi connectivity index (χ2v) is 7.71. The Labute approximate surface area is 167 Å². The number of nitrogens with one attached hydrogen (secondary N) is 1. The summed E-state index contributed by atoms with van der Waals surface area (Å²) in [5.41, 5.74) is 12.8. The van der Waals surface area contributed by atoms with Crippen LogP contribution < -0.4 is 16.8 Å². The first-order valence-electron chi connectivity index (χ1n) is 7.47. The van der Waals surface area contributed by atoms with Crippen molar-refractivity contribution in [3.8, 4) is 0 Å². The molecule has 1 amide bonds. The van der Waals surface area contributed by atoms with E-state index in [1.165, 1.54) is 24.0 Å². The lowest BCUT2D eigenvalue weighted by atomic mass is 10.2. The maximum Gasteiger partial charge on any atom is 0.252 e. The highest BCUT2D eigenvalue weighted by Gasteiger charge is 2.17. The minimum Gasteiger partial charge on any atom is -0.399 e. The van der Waals surface area contributed by atoms with Gasteiger partial charge in [-0.05, 0) is 59.0 Å². The van der Waals surface area contributed by atoms with E-state index in [1.54, 1.807) is 30.5 Å². The minimum absolute atomic E-state index is 0.237. The van der Waals surface area contributed by atoms with E-state index >= 15 is 0 Å². The molecule has 1 aromatic heterocycles. The molecule has 0 radical (unpaired) electrons. The Hall–Kier alpha value is -2.33. The van der Waals surface area contributed by atoms with E-state index in [0.717, 1.165) is 8.47 Å². The number of primary amides is 1. The standard InChI is InChI=1S/C18H14FIN4OS/c19-13-6-10(20)4-5-14(13)24-15-8-23-9-16(17(15)18(22)25)26-12-3-1-2-11(21)7-12/h1-9,24H,21H2,(H2,22,25). The number of amides is 1. The molecule has 2 aromatic carbocycles. The molecule has 132 valence electrons. The fourth-order valence-electron chi connectivity index (χ4n) is 2.31. The van der Waals surface area contributed by atoms with Crippen LogP contribution in [-0.2, 0) is 0 Å². The van der Waals surface area contributed by atoms with Gasteiger partial charge in [0, 0.05) is 25.2 Å². The molecule has 0 aliphatic rings. The molecule has 5 N–H and O–H groups in total. The van der Waals surface area contributed by atoms with E-state index < -0.39 is 11.7 Å². The molecule has 26 heavy (non-hydrogen) atoms. The number of carbonyl (C=O) groups excluding carboxylic acids is 1. The molecule has 0 spiro atoms. The summed E-state index contributed by atoms with van der Waals surface area (Å²) in [6.07, 6.45) is 2.99. The lowest BCUT2D eigenvalue weighted by Crippen LogP contribution is -2.15. The number of hydrogen-bond donors (Lipinski definition) is 3. The van der Waals surface area contributed by atoms with Gasteiger partial charge in [-0.3, -0.25) is 9.78 Å². The third-order valence-corrected chi connectivity index (χ3v) is 5.13. The van der Waals surface area contributed by atoms with Crippen molar-refractivity contribution in [1.82, 2.24) is 4.98 Å². The van der Waals surface area contributed by atoms with E-state index in [9.17, 15) is 9.18 Å². The summed E-state index contributed by atoms with van der Waals surface area (Å²) in [7, 11) is 0. The number of benzene rings is 2. The summed E-state index contributed by atoms with van der Waals surface area (Å²) in [6.45, 7) is 0. The molecule has 0 atom stereocenters. The highest BCUT2D eigenvalue weighted by molar-refractivity contribution is 14.1. The van der Waals surface area contributed by atoms with E-state index in [1.807, 2.05) is 34.7 Å². The van der Waals surface area contributed by atoms with Crippen LogP contribution in [0.15, 0.2) is 64.6 Å². The normalized spacial score (nSPS) is 10.5. The largest absolute Gasteiger partial charge is 0.399 e. The number of halogens is 2. The quantitative estimate of drug-likeness (QED) is 0.372. The average molecular weight is 480 g/mol. The van der Waals surface area contributed by atoms with Crippen molar-refractivity contribution >= 4 is 57.3 Å². The first-order chi connectivity index (χ1) is 12.4. The highest BCUT2D eigenvalue weighted by Crippen LogP contribution is 2.35. The van der Waals surface area contributed by atoms with E-state index in [2.05, 4.69) is 10.3 Å². The smallest absolute Gasteiger partial charge is 0.252 e. The zero-order valence-electron chi connectivity index (χ0n) is 13.4. The summed E-state index contributed by atoms with van der Waals surface area (Å²) < 4.78 is 14.9. The molecule has 0 fully saturated rings. The number of rotatable bonds is 5. The monoisotopic (exact) mass is 480 g/mol. The van der Waals surface area contributed by atoms with Crippen LogP contribution in [0.3, 0.4) is 0 Å². The van der Waals surface area contributed by atoms with Crippen LogP contribution in [0.1, 0.15) is 10.4 Å². The lowest BCUT2D eigenvalue weighted by Gasteiger charge is -2.14. The molecule has 0 saturated heterocycles. The van der Waals surface area contributed by atoms with Crippen LogP contribution in [0.4, 0.5) is 21.5 Å². The summed E-state index contributed by atoms with van der Waals surface area (Å²) in [4.78, 5) is 17.6. The van der Waals surface area contributed by atoms with Crippen LogP contribution in [0.25, 0.3) is 0 Å². The number of hydrogen-bond acceptors (Lipinski definition) is 5. The van der Waals surface area contributed by atoms with E-state index in [4.69, 9.17) is 11.5 Å². The number of aromatic nitrogens is 1. The fraction of sp³-hybridized carbons (Fsp3) is 0. The Kier molecular flexibility index (Phi) is 5.62.